The van der Waals surface area contributed by atoms with Crippen LogP contribution in [0, 0.1) is 0 Å². The summed E-state index contributed by atoms with van der Waals surface area (Å²) in [6.45, 7) is 7.40. The standard InChI is InChI=1S/C16H21BrO2/c1-10-4-6-14(19-10)15(17)11-5-7-13-12(8-11)16(2,3)9-18-13/h5,7-8,10,14-15H,4,6,9H2,1-3H3. The van der Waals surface area contributed by atoms with Crippen LogP contribution < -0.4 is 4.74 Å². The molecule has 3 rings (SSSR count). The lowest BCUT2D eigenvalue weighted by Crippen LogP contribution is -2.19. The molecule has 1 aromatic carbocycles. The van der Waals surface area contributed by atoms with Gasteiger partial charge in [-0.1, -0.05) is 41.9 Å². The summed E-state index contributed by atoms with van der Waals surface area (Å²) >= 11 is 3.82. The largest absolute Gasteiger partial charge is 0.492 e. The highest BCUT2D eigenvalue weighted by molar-refractivity contribution is 9.09. The monoisotopic (exact) mass is 324 g/mol. The molecule has 2 nitrogen and oxygen atoms in total. The highest BCUT2D eigenvalue weighted by Gasteiger charge is 2.34. The molecule has 0 saturated carbocycles. The summed E-state index contributed by atoms with van der Waals surface area (Å²) in [5.41, 5.74) is 2.74. The van der Waals surface area contributed by atoms with E-state index < -0.39 is 0 Å². The number of fused-ring (bicyclic) bond motifs is 1. The van der Waals surface area contributed by atoms with Crippen LogP contribution in [0.1, 0.15) is 49.6 Å². The lowest BCUT2D eigenvalue weighted by atomic mass is 9.85. The van der Waals surface area contributed by atoms with Crippen molar-refractivity contribution in [2.75, 3.05) is 6.61 Å². The minimum atomic E-state index is 0.113. The fourth-order valence-corrected chi connectivity index (χ4v) is 3.65. The van der Waals surface area contributed by atoms with Crippen molar-refractivity contribution in [3.63, 3.8) is 0 Å². The van der Waals surface area contributed by atoms with E-state index in [9.17, 15) is 0 Å². The fourth-order valence-electron chi connectivity index (χ4n) is 2.97. The minimum absolute atomic E-state index is 0.113. The molecule has 1 fully saturated rings. The predicted molar refractivity (Wildman–Crippen MR) is 80.2 cm³/mol. The van der Waals surface area contributed by atoms with Crippen LogP contribution in [0.4, 0.5) is 0 Å². The van der Waals surface area contributed by atoms with Crippen molar-refractivity contribution in [3.8, 4) is 5.75 Å². The van der Waals surface area contributed by atoms with Crippen molar-refractivity contribution in [3.05, 3.63) is 29.3 Å². The molecule has 3 atom stereocenters. The first-order valence-corrected chi connectivity index (χ1v) is 7.96. The maximum atomic E-state index is 5.97. The van der Waals surface area contributed by atoms with Gasteiger partial charge in [-0.3, -0.25) is 0 Å². The Balaban J connectivity index is 1.86. The normalized spacial score (nSPS) is 29.9. The zero-order chi connectivity index (χ0) is 13.6. The quantitative estimate of drug-likeness (QED) is 0.752. The van der Waals surface area contributed by atoms with Crippen molar-refractivity contribution in [2.24, 2.45) is 0 Å². The smallest absolute Gasteiger partial charge is 0.123 e. The summed E-state index contributed by atoms with van der Waals surface area (Å²) in [5, 5.41) is 0. The first kappa shape index (κ1) is 13.4. The lowest BCUT2D eigenvalue weighted by molar-refractivity contribution is 0.0556. The van der Waals surface area contributed by atoms with Gasteiger partial charge in [-0.15, -0.1) is 0 Å². The molecule has 2 aliphatic rings. The summed E-state index contributed by atoms with van der Waals surface area (Å²) in [6, 6.07) is 6.55. The zero-order valence-electron chi connectivity index (χ0n) is 11.8. The Bertz CT molecular complexity index is 484. The van der Waals surface area contributed by atoms with E-state index in [0.717, 1.165) is 25.2 Å². The average molecular weight is 325 g/mol. The third kappa shape index (κ3) is 2.43. The van der Waals surface area contributed by atoms with Gasteiger partial charge in [-0.05, 0) is 31.4 Å². The van der Waals surface area contributed by atoms with E-state index in [1.54, 1.807) is 0 Å². The first-order chi connectivity index (χ1) is 8.97. The van der Waals surface area contributed by atoms with E-state index in [1.807, 2.05) is 0 Å². The minimum Gasteiger partial charge on any atom is -0.492 e. The number of hydrogen-bond donors (Lipinski definition) is 0. The molecule has 104 valence electrons. The molecule has 2 heterocycles. The van der Waals surface area contributed by atoms with Gasteiger partial charge in [-0.25, -0.2) is 0 Å². The summed E-state index contributed by atoms with van der Waals surface area (Å²) in [7, 11) is 0. The number of halogens is 1. The topological polar surface area (TPSA) is 18.5 Å². The molecule has 0 spiro atoms. The number of ether oxygens (including phenoxy) is 2. The highest BCUT2D eigenvalue weighted by Crippen LogP contribution is 2.42. The molecule has 3 heteroatoms. The van der Waals surface area contributed by atoms with E-state index in [4.69, 9.17) is 9.47 Å². The molecule has 0 N–H and O–H groups in total. The number of hydrogen-bond acceptors (Lipinski definition) is 2. The van der Waals surface area contributed by atoms with E-state index in [0.29, 0.717) is 12.2 Å². The molecule has 2 aliphatic heterocycles. The Morgan fingerprint density at radius 1 is 1.32 bits per heavy atom. The summed E-state index contributed by atoms with van der Waals surface area (Å²) in [6.07, 6.45) is 2.97. The van der Waals surface area contributed by atoms with Crippen molar-refractivity contribution < 1.29 is 9.47 Å². The zero-order valence-corrected chi connectivity index (χ0v) is 13.4. The molecule has 0 aliphatic carbocycles. The van der Waals surface area contributed by atoms with Crippen molar-refractivity contribution in [2.45, 2.75) is 56.1 Å². The molecule has 0 radical (unpaired) electrons. The summed E-state index contributed by atoms with van der Waals surface area (Å²) in [4.78, 5) is 0.277. The Morgan fingerprint density at radius 3 is 2.79 bits per heavy atom. The number of benzene rings is 1. The maximum absolute atomic E-state index is 5.97. The Labute approximate surface area is 123 Å². The molecule has 0 bridgehead atoms. The van der Waals surface area contributed by atoms with Gasteiger partial charge in [0.2, 0.25) is 0 Å². The number of rotatable bonds is 2. The second kappa shape index (κ2) is 4.78. The third-order valence-electron chi connectivity index (χ3n) is 4.23. The van der Waals surface area contributed by atoms with Crippen LogP contribution in [0.15, 0.2) is 18.2 Å². The number of alkyl halides is 1. The van der Waals surface area contributed by atoms with Crippen LogP contribution in [-0.4, -0.2) is 18.8 Å². The van der Waals surface area contributed by atoms with Gasteiger partial charge in [-0.2, -0.15) is 0 Å². The van der Waals surface area contributed by atoms with Gasteiger partial charge in [0.25, 0.3) is 0 Å². The van der Waals surface area contributed by atoms with Crippen molar-refractivity contribution >= 4 is 15.9 Å². The van der Waals surface area contributed by atoms with Crippen LogP contribution in [0.5, 0.6) is 5.75 Å². The van der Waals surface area contributed by atoms with Crippen LogP contribution >= 0.6 is 15.9 Å². The van der Waals surface area contributed by atoms with Crippen LogP contribution in [-0.2, 0) is 10.2 Å². The average Bonchev–Trinajstić information content (AvgIpc) is 2.93. The second-order valence-corrected chi connectivity index (χ2v) is 7.38. The lowest BCUT2D eigenvalue weighted by Gasteiger charge is -2.21. The van der Waals surface area contributed by atoms with E-state index >= 15 is 0 Å². The molecule has 1 saturated heterocycles. The highest BCUT2D eigenvalue weighted by atomic mass is 79.9. The third-order valence-corrected chi connectivity index (χ3v) is 5.35. The fraction of sp³-hybridized carbons (Fsp3) is 0.625. The van der Waals surface area contributed by atoms with Gasteiger partial charge < -0.3 is 9.47 Å². The SMILES string of the molecule is CC1CCC(C(Br)c2ccc3c(c2)C(C)(C)CO3)O1. The first-order valence-electron chi connectivity index (χ1n) is 7.04. The Hall–Kier alpha value is -0.540. The van der Waals surface area contributed by atoms with E-state index in [-0.39, 0.29) is 10.2 Å². The van der Waals surface area contributed by atoms with E-state index in [2.05, 4.69) is 54.9 Å². The Kier molecular flexibility index (Phi) is 3.38. The molecule has 1 aromatic rings. The molecule has 0 aromatic heterocycles. The van der Waals surface area contributed by atoms with Gasteiger partial charge in [0, 0.05) is 11.0 Å². The van der Waals surface area contributed by atoms with Gasteiger partial charge in [0.15, 0.2) is 0 Å². The van der Waals surface area contributed by atoms with Crippen LogP contribution in [0.2, 0.25) is 0 Å². The summed E-state index contributed by atoms with van der Waals surface area (Å²) in [5.74, 6) is 1.04. The molecule has 0 amide bonds. The predicted octanol–water partition coefficient (Wildman–Crippen LogP) is 4.36. The van der Waals surface area contributed by atoms with Gasteiger partial charge in [0.1, 0.15) is 5.75 Å². The molecule has 3 unspecified atom stereocenters. The molecular weight excluding hydrogens is 304 g/mol. The van der Waals surface area contributed by atoms with Gasteiger partial charge in [0.05, 0.1) is 23.6 Å². The van der Waals surface area contributed by atoms with Crippen LogP contribution in [0.25, 0.3) is 0 Å². The van der Waals surface area contributed by atoms with Gasteiger partial charge >= 0.3 is 0 Å². The van der Waals surface area contributed by atoms with E-state index in [1.165, 1.54) is 11.1 Å². The van der Waals surface area contributed by atoms with Crippen molar-refractivity contribution in [1.82, 2.24) is 0 Å². The van der Waals surface area contributed by atoms with Crippen molar-refractivity contribution in [1.29, 1.82) is 0 Å². The summed E-state index contributed by atoms with van der Waals surface area (Å²) < 4.78 is 11.7. The Morgan fingerprint density at radius 2 is 2.11 bits per heavy atom. The molecular formula is C16H21BrO2. The second-order valence-electron chi connectivity index (χ2n) is 6.39. The van der Waals surface area contributed by atoms with Crippen LogP contribution in [0.3, 0.4) is 0 Å². The molecule has 19 heavy (non-hydrogen) atoms. The maximum Gasteiger partial charge on any atom is 0.123 e.